The SMILES string of the molecule is CCOC(=O)c1ccc2c(c1)nc(SCC#N)n2CC. The molecule has 1 aromatic carbocycles. The van der Waals surface area contributed by atoms with E-state index in [1.807, 2.05) is 17.6 Å². The molecule has 0 N–H and O–H groups in total. The number of benzene rings is 1. The van der Waals surface area contributed by atoms with E-state index in [0.29, 0.717) is 17.9 Å². The van der Waals surface area contributed by atoms with Gasteiger partial charge in [0.05, 0.1) is 35.0 Å². The molecule has 0 saturated carbocycles. The molecule has 0 amide bonds. The highest BCUT2D eigenvalue weighted by atomic mass is 32.2. The van der Waals surface area contributed by atoms with Crippen molar-refractivity contribution in [1.82, 2.24) is 9.55 Å². The second-order valence-corrected chi connectivity index (χ2v) is 4.95. The highest BCUT2D eigenvalue weighted by molar-refractivity contribution is 7.99. The van der Waals surface area contributed by atoms with Gasteiger partial charge in [-0.25, -0.2) is 9.78 Å². The molecule has 104 valence electrons. The number of carbonyl (C=O) groups is 1. The molecule has 5 nitrogen and oxygen atoms in total. The van der Waals surface area contributed by atoms with Crippen molar-refractivity contribution in [2.45, 2.75) is 25.5 Å². The molecular weight excluding hydrogens is 274 g/mol. The number of thioether (sulfide) groups is 1. The summed E-state index contributed by atoms with van der Waals surface area (Å²) in [7, 11) is 0. The fourth-order valence-corrected chi connectivity index (χ4v) is 2.70. The van der Waals surface area contributed by atoms with Crippen molar-refractivity contribution < 1.29 is 9.53 Å². The third-order valence-corrected chi connectivity index (χ3v) is 3.65. The van der Waals surface area contributed by atoms with Crippen molar-refractivity contribution in [2.24, 2.45) is 0 Å². The van der Waals surface area contributed by atoms with Crippen LogP contribution in [0.3, 0.4) is 0 Å². The van der Waals surface area contributed by atoms with E-state index in [-0.39, 0.29) is 5.97 Å². The minimum Gasteiger partial charge on any atom is -0.462 e. The van der Waals surface area contributed by atoms with Crippen molar-refractivity contribution in [3.63, 3.8) is 0 Å². The number of imidazole rings is 1. The van der Waals surface area contributed by atoms with E-state index in [9.17, 15) is 4.79 Å². The maximum absolute atomic E-state index is 11.7. The molecule has 0 bridgehead atoms. The molecule has 1 aromatic heterocycles. The number of hydrogen-bond donors (Lipinski definition) is 0. The van der Waals surface area contributed by atoms with Crippen molar-refractivity contribution in [2.75, 3.05) is 12.4 Å². The maximum Gasteiger partial charge on any atom is 0.338 e. The minimum atomic E-state index is -0.341. The quantitative estimate of drug-likeness (QED) is 0.625. The zero-order valence-electron chi connectivity index (χ0n) is 11.4. The molecule has 20 heavy (non-hydrogen) atoms. The molecule has 0 fully saturated rings. The highest BCUT2D eigenvalue weighted by Gasteiger charge is 2.13. The van der Waals surface area contributed by atoms with Crippen LogP contribution in [0.1, 0.15) is 24.2 Å². The Bertz CT molecular complexity index is 673. The number of ether oxygens (including phenoxy) is 1. The molecule has 0 unspecified atom stereocenters. The van der Waals surface area contributed by atoms with Gasteiger partial charge in [-0.3, -0.25) is 0 Å². The number of esters is 1. The van der Waals surface area contributed by atoms with E-state index >= 15 is 0 Å². The first-order valence-electron chi connectivity index (χ1n) is 6.38. The van der Waals surface area contributed by atoms with Crippen LogP contribution in [0.4, 0.5) is 0 Å². The molecule has 0 spiro atoms. The zero-order chi connectivity index (χ0) is 14.5. The minimum absolute atomic E-state index is 0.341. The highest BCUT2D eigenvalue weighted by Crippen LogP contribution is 2.24. The van der Waals surface area contributed by atoms with Gasteiger partial charge in [0.15, 0.2) is 5.16 Å². The van der Waals surface area contributed by atoms with Crippen molar-refractivity contribution in [3.8, 4) is 6.07 Å². The van der Waals surface area contributed by atoms with Gasteiger partial charge in [-0.1, -0.05) is 11.8 Å². The van der Waals surface area contributed by atoms with Crippen LogP contribution < -0.4 is 0 Å². The number of nitriles is 1. The summed E-state index contributed by atoms with van der Waals surface area (Å²) < 4.78 is 7.02. The summed E-state index contributed by atoms with van der Waals surface area (Å²) in [6.07, 6.45) is 0. The average Bonchev–Trinajstić information content (AvgIpc) is 2.81. The Morgan fingerprint density at radius 3 is 2.95 bits per heavy atom. The molecule has 2 rings (SSSR count). The summed E-state index contributed by atoms with van der Waals surface area (Å²) in [5.41, 5.74) is 2.20. The van der Waals surface area contributed by atoms with Crippen LogP contribution in [0.5, 0.6) is 0 Å². The van der Waals surface area contributed by atoms with Gasteiger partial charge in [-0.15, -0.1) is 0 Å². The lowest BCUT2D eigenvalue weighted by Gasteiger charge is -2.04. The van der Waals surface area contributed by atoms with E-state index in [1.165, 1.54) is 11.8 Å². The number of aromatic nitrogens is 2. The van der Waals surface area contributed by atoms with E-state index in [4.69, 9.17) is 10.00 Å². The topological polar surface area (TPSA) is 67.9 Å². The maximum atomic E-state index is 11.7. The van der Waals surface area contributed by atoms with Gasteiger partial charge >= 0.3 is 5.97 Å². The molecule has 0 saturated heterocycles. The summed E-state index contributed by atoms with van der Waals surface area (Å²) >= 11 is 1.40. The van der Waals surface area contributed by atoms with Crippen LogP contribution in [0.15, 0.2) is 23.4 Å². The van der Waals surface area contributed by atoms with Crippen molar-refractivity contribution >= 4 is 28.8 Å². The molecule has 0 radical (unpaired) electrons. The van der Waals surface area contributed by atoms with Gasteiger partial charge in [-0.2, -0.15) is 5.26 Å². The number of fused-ring (bicyclic) bond motifs is 1. The molecule has 0 aliphatic heterocycles. The average molecular weight is 289 g/mol. The predicted octanol–water partition coefficient (Wildman–Crippen LogP) is 2.85. The largest absolute Gasteiger partial charge is 0.462 e. The lowest BCUT2D eigenvalue weighted by Crippen LogP contribution is -2.04. The Morgan fingerprint density at radius 1 is 1.50 bits per heavy atom. The Balaban J connectivity index is 2.43. The Hall–Kier alpha value is -2.00. The lowest BCUT2D eigenvalue weighted by molar-refractivity contribution is 0.0526. The van der Waals surface area contributed by atoms with Crippen LogP contribution in [0.25, 0.3) is 11.0 Å². The zero-order valence-corrected chi connectivity index (χ0v) is 12.2. The van der Waals surface area contributed by atoms with Crippen molar-refractivity contribution in [3.05, 3.63) is 23.8 Å². The van der Waals surface area contributed by atoms with Gasteiger partial charge in [-0.05, 0) is 32.0 Å². The van der Waals surface area contributed by atoms with Crippen LogP contribution in [-0.4, -0.2) is 27.9 Å². The molecule has 0 aliphatic carbocycles. The summed E-state index contributed by atoms with van der Waals surface area (Å²) in [6, 6.07) is 7.44. The fraction of sp³-hybridized carbons (Fsp3) is 0.357. The van der Waals surface area contributed by atoms with Gasteiger partial charge in [0.2, 0.25) is 0 Å². The summed E-state index contributed by atoms with van der Waals surface area (Å²) in [4.78, 5) is 16.2. The van der Waals surface area contributed by atoms with E-state index in [0.717, 1.165) is 22.7 Å². The number of carbonyl (C=O) groups excluding carboxylic acids is 1. The number of nitrogens with zero attached hydrogens (tertiary/aromatic N) is 3. The molecular formula is C14H15N3O2S. The Labute approximate surface area is 121 Å². The monoisotopic (exact) mass is 289 g/mol. The third kappa shape index (κ3) is 2.78. The third-order valence-electron chi connectivity index (χ3n) is 2.81. The predicted molar refractivity (Wildman–Crippen MR) is 77.7 cm³/mol. The second-order valence-electron chi connectivity index (χ2n) is 4.01. The first-order valence-corrected chi connectivity index (χ1v) is 7.37. The first-order chi connectivity index (χ1) is 9.71. The van der Waals surface area contributed by atoms with Gasteiger partial charge in [0.25, 0.3) is 0 Å². The Morgan fingerprint density at radius 2 is 2.30 bits per heavy atom. The standard InChI is InChI=1S/C14H15N3O2S/c1-3-17-12-6-5-10(13(18)19-4-2)9-11(12)16-14(17)20-8-7-15/h5-6,9H,3-4,8H2,1-2H3. The smallest absolute Gasteiger partial charge is 0.338 e. The van der Waals surface area contributed by atoms with Crippen LogP contribution >= 0.6 is 11.8 Å². The van der Waals surface area contributed by atoms with E-state index in [2.05, 4.69) is 11.1 Å². The lowest BCUT2D eigenvalue weighted by atomic mass is 10.2. The van der Waals surface area contributed by atoms with Gasteiger partial charge < -0.3 is 9.30 Å². The number of hydrogen-bond acceptors (Lipinski definition) is 5. The van der Waals surface area contributed by atoms with E-state index < -0.39 is 0 Å². The second kappa shape index (κ2) is 6.44. The normalized spacial score (nSPS) is 10.4. The van der Waals surface area contributed by atoms with Gasteiger partial charge in [0, 0.05) is 6.54 Å². The Kier molecular flexibility index (Phi) is 4.64. The molecule has 0 aliphatic rings. The van der Waals surface area contributed by atoms with Crippen LogP contribution in [0, 0.1) is 11.3 Å². The first kappa shape index (κ1) is 14.4. The number of aryl methyl sites for hydroxylation is 1. The summed E-state index contributed by atoms with van der Waals surface area (Å²) in [5.74, 6) is 0.0142. The van der Waals surface area contributed by atoms with Crippen LogP contribution in [0.2, 0.25) is 0 Å². The summed E-state index contributed by atoms with van der Waals surface area (Å²) in [6.45, 7) is 4.92. The van der Waals surface area contributed by atoms with Crippen LogP contribution in [-0.2, 0) is 11.3 Å². The summed E-state index contributed by atoms with van der Waals surface area (Å²) in [5, 5.41) is 9.47. The van der Waals surface area contributed by atoms with E-state index in [1.54, 1.807) is 19.1 Å². The molecule has 0 atom stereocenters. The van der Waals surface area contributed by atoms with Gasteiger partial charge in [0.1, 0.15) is 0 Å². The molecule has 2 aromatic rings. The number of rotatable bonds is 5. The molecule has 6 heteroatoms. The molecule has 1 heterocycles. The fourth-order valence-electron chi connectivity index (χ4n) is 1.96. The van der Waals surface area contributed by atoms with Crippen molar-refractivity contribution in [1.29, 1.82) is 5.26 Å².